The second-order valence-electron chi connectivity index (χ2n) is 6.53. The van der Waals surface area contributed by atoms with Crippen molar-refractivity contribution in [3.05, 3.63) is 29.3 Å². The number of nitrogens with one attached hydrogen (secondary N) is 1. The predicted octanol–water partition coefficient (Wildman–Crippen LogP) is 1.92. The first-order valence-electron chi connectivity index (χ1n) is 8.84. The quantitative estimate of drug-likeness (QED) is 0.606. The van der Waals surface area contributed by atoms with Gasteiger partial charge in [0.05, 0.1) is 18.2 Å². The number of carbonyl (C=O) groups is 2. The van der Waals surface area contributed by atoms with E-state index < -0.39 is 11.9 Å². The Morgan fingerprint density at radius 2 is 2.19 bits per heavy atom. The van der Waals surface area contributed by atoms with Gasteiger partial charge in [-0.3, -0.25) is 19.5 Å². The van der Waals surface area contributed by atoms with Gasteiger partial charge in [0, 0.05) is 13.5 Å². The van der Waals surface area contributed by atoms with E-state index >= 15 is 0 Å². The van der Waals surface area contributed by atoms with E-state index in [0.29, 0.717) is 13.2 Å². The maximum absolute atomic E-state index is 12.7. The number of aryl methyl sites for hydroxylation is 1. The Labute approximate surface area is 156 Å². The molecular formula is C18H23N5O4. The minimum atomic E-state index is -0.503. The fourth-order valence-electron chi connectivity index (χ4n) is 2.97. The molecule has 9 nitrogen and oxygen atoms in total. The van der Waals surface area contributed by atoms with Crippen molar-refractivity contribution in [1.29, 1.82) is 0 Å². The molecule has 1 amide bonds. The fourth-order valence-corrected chi connectivity index (χ4v) is 2.97. The maximum atomic E-state index is 12.7. The Morgan fingerprint density at radius 3 is 2.89 bits per heavy atom. The molecular weight excluding hydrogens is 350 g/mol. The fraction of sp³-hybridized carbons (Fsp3) is 0.444. The number of nitrogens with zero attached hydrogens (tertiary/aromatic N) is 3. The Balaban J connectivity index is 1.79. The maximum Gasteiger partial charge on any atom is 0.308 e. The van der Waals surface area contributed by atoms with E-state index in [0.717, 1.165) is 24.8 Å². The molecule has 0 bridgehead atoms. The number of benzene rings is 1. The number of anilines is 2. The van der Waals surface area contributed by atoms with E-state index in [2.05, 4.69) is 15.5 Å². The largest absolute Gasteiger partial charge is 0.426 e. The van der Waals surface area contributed by atoms with Crippen LogP contribution in [0.4, 0.5) is 11.9 Å². The molecule has 144 valence electrons. The Bertz CT molecular complexity index is 842. The number of hydrogen-bond donors (Lipinski definition) is 2. The minimum absolute atomic E-state index is 0.00341. The summed E-state index contributed by atoms with van der Waals surface area (Å²) in [5.74, 6) is -0.361. The molecule has 3 rings (SSSR count). The molecule has 0 radical (unpaired) electrons. The molecule has 1 aliphatic rings. The van der Waals surface area contributed by atoms with Crippen molar-refractivity contribution in [2.75, 3.05) is 17.7 Å². The zero-order valence-electron chi connectivity index (χ0n) is 15.4. The third kappa shape index (κ3) is 4.62. The molecule has 2 aromatic rings. The van der Waals surface area contributed by atoms with Crippen LogP contribution in [0.3, 0.4) is 0 Å². The lowest BCUT2D eigenvalue weighted by molar-refractivity contribution is -0.131. The highest BCUT2D eigenvalue weighted by Crippen LogP contribution is 2.23. The number of amides is 1. The summed E-state index contributed by atoms with van der Waals surface area (Å²) in [5.41, 5.74) is 6.99. The normalized spacial score (nSPS) is 16.7. The van der Waals surface area contributed by atoms with Crippen LogP contribution in [-0.4, -0.2) is 39.4 Å². The summed E-state index contributed by atoms with van der Waals surface area (Å²) in [6, 6.07) is 4.99. The molecule has 1 aromatic heterocycles. The average molecular weight is 373 g/mol. The minimum Gasteiger partial charge on any atom is -0.426 e. The molecule has 0 aliphatic carbocycles. The van der Waals surface area contributed by atoms with E-state index in [1.54, 1.807) is 22.8 Å². The summed E-state index contributed by atoms with van der Waals surface area (Å²) in [7, 11) is 0. The lowest BCUT2D eigenvalue weighted by atomic mass is 10.1. The number of ether oxygens (including phenoxy) is 2. The third-order valence-electron chi connectivity index (χ3n) is 4.30. The Morgan fingerprint density at radius 1 is 1.37 bits per heavy atom. The van der Waals surface area contributed by atoms with Gasteiger partial charge in [-0.2, -0.15) is 0 Å². The molecule has 1 aliphatic heterocycles. The lowest BCUT2D eigenvalue weighted by Crippen LogP contribution is -2.27. The number of carbonyl (C=O) groups excluding carboxylic acids is 2. The van der Waals surface area contributed by atoms with Crippen molar-refractivity contribution in [1.82, 2.24) is 14.8 Å². The third-order valence-corrected chi connectivity index (χ3v) is 4.30. The summed E-state index contributed by atoms with van der Waals surface area (Å²) < 4.78 is 12.5. The number of rotatable bonds is 5. The van der Waals surface area contributed by atoms with Gasteiger partial charge in [-0.25, -0.2) is 0 Å². The van der Waals surface area contributed by atoms with Crippen LogP contribution in [0.1, 0.15) is 42.1 Å². The van der Waals surface area contributed by atoms with Crippen molar-refractivity contribution in [2.24, 2.45) is 0 Å². The second-order valence-corrected chi connectivity index (χ2v) is 6.53. The molecule has 1 atom stereocenters. The number of esters is 1. The van der Waals surface area contributed by atoms with E-state index in [1.165, 1.54) is 6.92 Å². The van der Waals surface area contributed by atoms with Gasteiger partial charge in [-0.1, -0.05) is 6.07 Å². The highest BCUT2D eigenvalue weighted by molar-refractivity contribution is 6.05. The number of nitrogen functional groups attached to an aromatic ring is 1. The van der Waals surface area contributed by atoms with Gasteiger partial charge in [0.25, 0.3) is 5.91 Å². The Kier molecular flexibility index (Phi) is 5.70. The molecule has 1 fully saturated rings. The van der Waals surface area contributed by atoms with Crippen molar-refractivity contribution in [3.63, 3.8) is 0 Å². The van der Waals surface area contributed by atoms with Crippen LogP contribution in [0.25, 0.3) is 0 Å². The van der Waals surface area contributed by atoms with E-state index in [-0.39, 0.29) is 29.3 Å². The lowest BCUT2D eigenvalue weighted by Gasteiger charge is -2.23. The topological polar surface area (TPSA) is 121 Å². The standard InChI is InChI=1S/C18H23N5O4/c1-11-6-7-14(15(9-11)27-12(2)24)16(25)20-18-22-21-17(19)23(18)10-13-5-3-4-8-26-13/h6-7,9,13H,3-5,8,10H2,1-2H3,(H2,19,21)(H,20,22,25). The molecule has 9 heteroatoms. The van der Waals surface area contributed by atoms with Crippen LogP contribution < -0.4 is 15.8 Å². The number of hydrogen-bond acceptors (Lipinski definition) is 7. The van der Waals surface area contributed by atoms with Crippen molar-refractivity contribution in [2.45, 2.75) is 45.8 Å². The highest BCUT2D eigenvalue weighted by Gasteiger charge is 2.21. The molecule has 1 saturated heterocycles. The van der Waals surface area contributed by atoms with E-state index in [1.807, 2.05) is 6.92 Å². The molecule has 27 heavy (non-hydrogen) atoms. The molecule has 2 heterocycles. The monoisotopic (exact) mass is 373 g/mol. The summed E-state index contributed by atoms with van der Waals surface area (Å²) in [4.78, 5) is 24.1. The highest BCUT2D eigenvalue weighted by atomic mass is 16.5. The van der Waals surface area contributed by atoms with Crippen LogP contribution in [0, 0.1) is 6.92 Å². The van der Waals surface area contributed by atoms with Crippen molar-refractivity contribution >= 4 is 23.8 Å². The van der Waals surface area contributed by atoms with Crippen molar-refractivity contribution < 1.29 is 19.1 Å². The van der Waals surface area contributed by atoms with Crippen LogP contribution in [0.5, 0.6) is 5.75 Å². The van der Waals surface area contributed by atoms with Crippen LogP contribution >= 0.6 is 0 Å². The first-order chi connectivity index (χ1) is 12.9. The van der Waals surface area contributed by atoms with Gasteiger partial charge in [0.1, 0.15) is 5.75 Å². The smallest absolute Gasteiger partial charge is 0.308 e. The summed E-state index contributed by atoms with van der Waals surface area (Å²) in [6.45, 7) is 4.30. The second kappa shape index (κ2) is 8.17. The SMILES string of the molecule is CC(=O)Oc1cc(C)ccc1C(=O)Nc1nnc(N)n1CC1CCCCO1. The zero-order valence-corrected chi connectivity index (χ0v) is 15.4. The molecule has 1 unspecified atom stereocenters. The van der Waals surface area contributed by atoms with Gasteiger partial charge >= 0.3 is 5.97 Å². The van der Waals surface area contributed by atoms with Crippen molar-refractivity contribution in [3.8, 4) is 5.75 Å². The van der Waals surface area contributed by atoms with Crippen LogP contribution in [-0.2, 0) is 16.1 Å². The van der Waals surface area contributed by atoms with Gasteiger partial charge in [0.15, 0.2) is 0 Å². The number of nitrogens with two attached hydrogens (primary N) is 1. The molecule has 1 aromatic carbocycles. The summed E-state index contributed by atoms with van der Waals surface area (Å²) in [6.07, 6.45) is 3.05. The van der Waals surface area contributed by atoms with Gasteiger partial charge in [0.2, 0.25) is 11.9 Å². The van der Waals surface area contributed by atoms with Gasteiger partial charge in [-0.15, -0.1) is 10.2 Å². The first kappa shape index (κ1) is 18.8. The average Bonchev–Trinajstić information content (AvgIpc) is 2.95. The van der Waals surface area contributed by atoms with E-state index in [4.69, 9.17) is 15.2 Å². The first-order valence-corrected chi connectivity index (χ1v) is 8.84. The molecule has 0 saturated carbocycles. The molecule has 0 spiro atoms. The Hall–Kier alpha value is -2.94. The van der Waals surface area contributed by atoms with Gasteiger partial charge < -0.3 is 15.2 Å². The number of aromatic nitrogens is 3. The van der Waals surface area contributed by atoms with Gasteiger partial charge in [-0.05, 0) is 43.9 Å². The molecule has 3 N–H and O–H groups in total. The summed E-state index contributed by atoms with van der Waals surface area (Å²) in [5, 5.41) is 10.5. The van der Waals surface area contributed by atoms with Crippen LogP contribution in [0.2, 0.25) is 0 Å². The summed E-state index contributed by atoms with van der Waals surface area (Å²) >= 11 is 0. The van der Waals surface area contributed by atoms with E-state index in [9.17, 15) is 9.59 Å². The predicted molar refractivity (Wildman–Crippen MR) is 98.5 cm³/mol. The zero-order chi connectivity index (χ0) is 19.4. The van der Waals surface area contributed by atoms with Crippen LogP contribution in [0.15, 0.2) is 18.2 Å².